The van der Waals surface area contributed by atoms with Crippen molar-refractivity contribution in [3.63, 3.8) is 0 Å². The molecule has 1 N–H and O–H groups in total. The van der Waals surface area contributed by atoms with Gasteiger partial charge in [0.2, 0.25) is 0 Å². The lowest BCUT2D eigenvalue weighted by Crippen LogP contribution is -1.99. The number of thiophene rings is 1. The highest BCUT2D eigenvalue weighted by Crippen LogP contribution is 2.37. The van der Waals surface area contributed by atoms with Crippen molar-refractivity contribution in [1.29, 1.82) is 0 Å². The van der Waals surface area contributed by atoms with Gasteiger partial charge in [0, 0.05) is 15.8 Å². The Balaban J connectivity index is 2.14. The van der Waals surface area contributed by atoms with Crippen LogP contribution >= 0.6 is 59.1 Å². The predicted molar refractivity (Wildman–Crippen MR) is 89.1 cm³/mol. The van der Waals surface area contributed by atoms with Crippen LogP contribution in [0.2, 0.25) is 0 Å². The minimum absolute atomic E-state index is 0.507. The van der Waals surface area contributed by atoms with E-state index in [0.29, 0.717) is 6.42 Å². The van der Waals surface area contributed by atoms with Crippen molar-refractivity contribution in [2.45, 2.75) is 12.5 Å². The summed E-state index contributed by atoms with van der Waals surface area (Å²) in [4.78, 5) is 0.936. The topological polar surface area (TPSA) is 29.5 Å². The molecule has 0 aliphatic rings. The van der Waals surface area contributed by atoms with Gasteiger partial charge in [0.25, 0.3) is 0 Å². The molecule has 0 bridgehead atoms. The summed E-state index contributed by atoms with van der Waals surface area (Å²) in [5.74, 6) is 0.792. The largest absolute Gasteiger partial charge is 0.496 e. The van der Waals surface area contributed by atoms with Gasteiger partial charge >= 0.3 is 0 Å². The zero-order valence-corrected chi connectivity index (χ0v) is 15.6. The second kappa shape index (κ2) is 6.72. The van der Waals surface area contributed by atoms with Crippen LogP contribution in [0, 0.1) is 0 Å². The summed E-state index contributed by atoms with van der Waals surface area (Å²) in [6, 6.07) is 7.77. The van der Waals surface area contributed by atoms with Gasteiger partial charge in [-0.1, -0.05) is 6.07 Å². The van der Waals surface area contributed by atoms with Crippen LogP contribution in [0.5, 0.6) is 5.75 Å². The van der Waals surface area contributed by atoms with E-state index in [2.05, 4.69) is 47.8 Å². The minimum Gasteiger partial charge on any atom is -0.496 e. The summed E-state index contributed by atoms with van der Waals surface area (Å²) in [5.41, 5.74) is 1.06. The zero-order chi connectivity index (χ0) is 14.0. The standard InChI is InChI=1S/C13H11Br3O2S/c1-18-11-3-2-7(4-8(11)14)5-10(17)12-6-9(15)13(16)19-12/h2-4,6,10,17H,5H2,1H3. The molecule has 0 aliphatic heterocycles. The van der Waals surface area contributed by atoms with Gasteiger partial charge < -0.3 is 9.84 Å². The molecule has 0 amide bonds. The van der Waals surface area contributed by atoms with E-state index in [9.17, 15) is 5.11 Å². The summed E-state index contributed by atoms with van der Waals surface area (Å²) >= 11 is 11.9. The average Bonchev–Trinajstić information content (AvgIpc) is 2.70. The molecule has 1 aromatic carbocycles. The van der Waals surface area contributed by atoms with Gasteiger partial charge in [0.15, 0.2) is 0 Å². The number of halogens is 3. The maximum Gasteiger partial charge on any atom is 0.133 e. The number of ether oxygens (including phenoxy) is 1. The maximum absolute atomic E-state index is 10.3. The first-order chi connectivity index (χ1) is 9.01. The molecule has 1 heterocycles. The molecule has 1 unspecified atom stereocenters. The number of aliphatic hydroxyl groups is 1. The molecule has 102 valence electrons. The Morgan fingerprint density at radius 3 is 2.47 bits per heavy atom. The van der Waals surface area contributed by atoms with E-state index in [1.165, 1.54) is 11.3 Å². The molecule has 0 radical (unpaired) electrons. The Morgan fingerprint density at radius 2 is 1.95 bits per heavy atom. The van der Waals surface area contributed by atoms with Crippen LogP contribution in [0.3, 0.4) is 0 Å². The fourth-order valence-electron chi connectivity index (χ4n) is 1.69. The van der Waals surface area contributed by atoms with Crippen LogP contribution in [0.15, 0.2) is 37.0 Å². The van der Waals surface area contributed by atoms with Gasteiger partial charge in [-0.05, 0) is 71.6 Å². The van der Waals surface area contributed by atoms with E-state index in [4.69, 9.17) is 4.74 Å². The van der Waals surface area contributed by atoms with Gasteiger partial charge in [-0.3, -0.25) is 0 Å². The Morgan fingerprint density at radius 1 is 1.21 bits per heavy atom. The van der Waals surface area contributed by atoms with Crippen LogP contribution in [0.1, 0.15) is 16.5 Å². The summed E-state index contributed by atoms with van der Waals surface area (Å²) < 4.78 is 8.06. The van der Waals surface area contributed by atoms with Crippen molar-refractivity contribution < 1.29 is 9.84 Å². The van der Waals surface area contributed by atoms with Crippen LogP contribution in [0.4, 0.5) is 0 Å². The van der Waals surface area contributed by atoms with E-state index >= 15 is 0 Å². The molecule has 0 fully saturated rings. The number of methoxy groups -OCH3 is 1. The van der Waals surface area contributed by atoms with E-state index in [-0.39, 0.29) is 0 Å². The summed E-state index contributed by atoms with van der Waals surface area (Å²) in [5, 5.41) is 10.3. The first kappa shape index (κ1) is 15.5. The van der Waals surface area contributed by atoms with Gasteiger partial charge in [0.05, 0.1) is 21.5 Å². The van der Waals surface area contributed by atoms with Crippen LogP contribution < -0.4 is 4.74 Å². The number of hydrogen-bond acceptors (Lipinski definition) is 3. The number of rotatable bonds is 4. The van der Waals surface area contributed by atoms with Crippen molar-refractivity contribution in [1.82, 2.24) is 0 Å². The van der Waals surface area contributed by atoms with Crippen LogP contribution in [-0.2, 0) is 6.42 Å². The lowest BCUT2D eigenvalue weighted by atomic mass is 10.1. The van der Waals surface area contributed by atoms with Gasteiger partial charge in [0.1, 0.15) is 5.75 Å². The SMILES string of the molecule is COc1ccc(CC(O)c2cc(Br)c(Br)s2)cc1Br. The normalized spacial score (nSPS) is 12.5. The highest BCUT2D eigenvalue weighted by molar-refractivity contribution is 9.13. The van der Waals surface area contributed by atoms with Crippen molar-refractivity contribution in [2.75, 3.05) is 7.11 Å². The summed E-state index contributed by atoms with van der Waals surface area (Å²) in [7, 11) is 1.63. The third kappa shape index (κ3) is 3.82. The molecule has 1 aromatic heterocycles. The number of benzene rings is 1. The summed E-state index contributed by atoms with van der Waals surface area (Å²) in [6.45, 7) is 0. The maximum atomic E-state index is 10.3. The number of hydrogen-bond donors (Lipinski definition) is 1. The van der Waals surface area contributed by atoms with E-state index < -0.39 is 6.10 Å². The minimum atomic E-state index is -0.507. The molecule has 2 aromatic rings. The molecule has 19 heavy (non-hydrogen) atoms. The third-order valence-corrected chi connectivity index (χ3v) is 6.62. The molecule has 6 heteroatoms. The fourth-order valence-corrected chi connectivity index (χ4v) is 4.35. The predicted octanol–water partition coefficient (Wildman–Crippen LogP) is 5.32. The molecule has 0 spiro atoms. The highest BCUT2D eigenvalue weighted by Gasteiger charge is 2.14. The van der Waals surface area contributed by atoms with E-state index in [1.807, 2.05) is 24.3 Å². The Bertz CT molecular complexity index is 564. The molecular formula is C13H11Br3O2S. The van der Waals surface area contributed by atoms with E-state index in [0.717, 1.165) is 28.9 Å². The Labute approximate surface area is 141 Å². The van der Waals surface area contributed by atoms with Crippen LogP contribution in [0.25, 0.3) is 0 Å². The fraction of sp³-hybridized carbons (Fsp3) is 0.231. The first-order valence-corrected chi connectivity index (χ1v) is 8.66. The molecule has 2 rings (SSSR count). The average molecular weight is 471 g/mol. The molecule has 0 saturated heterocycles. The van der Waals surface area contributed by atoms with E-state index in [1.54, 1.807) is 7.11 Å². The quantitative estimate of drug-likeness (QED) is 0.655. The number of aliphatic hydroxyl groups excluding tert-OH is 1. The monoisotopic (exact) mass is 468 g/mol. The highest BCUT2D eigenvalue weighted by atomic mass is 79.9. The third-order valence-electron chi connectivity index (χ3n) is 2.64. The van der Waals surface area contributed by atoms with Crippen molar-refractivity contribution in [2.24, 2.45) is 0 Å². The molecular weight excluding hydrogens is 460 g/mol. The Kier molecular flexibility index (Phi) is 5.48. The smallest absolute Gasteiger partial charge is 0.133 e. The second-order valence-electron chi connectivity index (χ2n) is 3.96. The first-order valence-electron chi connectivity index (χ1n) is 5.46. The molecule has 1 atom stereocenters. The molecule has 0 aliphatic carbocycles. The second-order valence-corrected chi connectivity index (χ2v) is 8.07. The Hall–Kier alpha value is 0.120. The van der Waals surface area contributed by atoms with Gasteiger partial charge in [-0.15, -0.1) is 11.3 Å². The molecule has 0 saturated carbocycles. The molecule has 2 nitrogen and oxygen atoms in total. The lowest BCUT2D eigenvalue weighted by molar-refractivity contribution is 0.182. The zero-order valence-electron chi connectivity index (χ0n) is 9.99. The van der Waals surface area contributed by atoms with Gasteiger partial charge in [-0.25, -0.2) is 0 Å². The lowest BCUT2D eigenvalue weighted by Gasteiger charge is -2.10. The van der Waals surface area contributed by atoms with Crippen LogP contribution in [-0.4, -0.2) is 12.2 Å². The van der Waals surface area contributed by atoms with Crippen molar-refractivity contribution in [3.05, 3.63) is 47.4 Å². The van der Waals surface area contributed by atoms with Crippen molar-refractivity contribution >= 4 is 59.1 Å². The van der Waals surface area contributed by atoms with Gasteiger partial charge in [-0.2, -0.15) is 0 Å². The summed E-state index contributed by atoms with van der Waals surface area (Å²) in [6.07, 6.45) is 0.0648. The van der Waals surface area contributed by atoms with Crippen molar-refractivity contribution in [3.8, 4) is 5.75 Å².